The number of nitrogens with one attached hydrogen (secondary N) is 1. The number of aromatic nitrogens is 2. The van der Waals surface area contributed by atoms with Gasteiger partial charge in [-0.15, -0.1) is 0 Å². The number of halogens is 1. The van der Waals surface area contributed by atoms with E-state index in [-0.39, 0.29) is 40.3 Å². The van der Waals surface area contributed by atoms with Gasteiger partial charge in [0.25, 0.3) is 10.9 Å². The third-order valence-corrected chi connectivity index (χ3v) is 8.59. The first kappa shape index (κ1) is 36.4. The van der Waals surface area contributed by atoms with Crippen LogP contribution in [0.25, 0.3) is 11.3 Å². The second kappa shape index (κ2) is 15.8. The second-order valence-electron chi connectivity index (χ2n) is 11.9. The molecule has 0 radical (unpaired) electrons. The molecular weight excluding hydrogens is 679 g/mol. The summed E-state index contributed by atoms with van der Waals surface area (Å²) in [6.07, 6.45) is 0. The van der Waals surface area contributed by atoms with Crippen molar-refractivity contribution in [3.8, 4) is 34.4 Å². The average Bonchev–Trinajstić information content (AvgIpc) is 3.11. The maximum Gasteiger partial charge on any atom is 0.452 e. The van der Waals surface area contributed by atoms with Crippen LogP contribution < -0.4 is 18.9 Å². The highest BCUT2D eigenvalue weighted by Gasteiger charge is 2.32. The maximum absolute atomic E-state index is 14.7. The van der Waals surface area contributed by atoms with Gasteiger partial charge in [-0.2, -0.15) is 8.42 Å². The minimum atomic E-state index is -4.69. The quantitative estimate of drug-likeness (QED) is 0.115. The summed E-state index contributed by atoms with van der Waals surface area (Å²) < 4.78 is 61.3. The standard InChI is InChI=1S/C37H35FN4O8S/c1-23(2)21-48-29-19-27(18-28(38)20-29)31-15-14-30(37(39-31)50-34-24(3)10-9-11-25(34)4)36(43)41-51(45,46)33-17-16-32(35(40-33)42(44)47-5)49-22-26-12-7-6-8-13-26/h6-20,23H,21-22H2,1-5H3/p+1. The van der Waals surface area contributed by atoms with E-state index in [1.807, 2.05) is 55.0 Å². The van der Waals surface area contributed by atoms with Crippen molar-refractivity contribution in [3.05, 3.63) is 124 Å². The van der Waals surface area contributed by atoms with Crippen molar-refractivity contribution in [3.63, 3.8) is 0 Å². The minimum absolute atomic E-state index is 0.00795. The van der Waals surface area contributed by atoms with Crippen LogP contribution in [0.4, 0.5) is 10.2 Å². The lowest BCUT2D eigenvalue weighted by atomic mass is 10.1. The number of hydrogen-bond donors (Lipinski definition) is 1. The molecule has 12 nitrogen and oxygen atoms in total. The number of para-hydroxylation sites is 1. The molecule has 51 heavy (non-hydrogen) atoms. The van der Waals surface area contributed by atoms with E-state index < -0.39 is 32.6 Å². The Kier molecular flexibility index (Phi) is 11.2. The SMILES string of the molecule is CO[N+](=O)c1nc(S(=O)(=O)NC(=O)c2ccc(-c3cc(F)cc(OCC(C)C)c3)nc2Oc2c(C)cccc2C)ccc1OCc1ccccc1. The van der Waals surface area contributed by atoms with Crippen molar-refractivity contribution in [2.45, 2.75) is 39.3 Å². The van der Waals surface area contributed by atoms with Crippen molar-refractivity contribution >= 4 is 21.7 Å². The van der Waals surface area contributed by atoms with Crippen LogP contribution in [-0.2, 0) is 21.5 Å². The Hall–Kier alpha value is -5.89. The molecule has 2 heterocycles. The minimum Gasteiger partial charge on any atom is -0.493 e. The van der Waals surface area contributed by atoms with Gasteiger partial charge in [-0.25, -0.2) is 14.1 Å². The largest absolute Gasteiger partial charge is 0.493 e. The Balaban J connectivity index is 1.49. The highest BCUT2D eigenvalue weighted by molar-refractivity contribution is 7.90. The third-order valence-electron chi connectivity index (χ3n) is 7.35. The molecule has 1 amide bonds. The third kappa shape index (κ3) is 9.02. The van der Waals surface area contributed by atoms with Crippen LogP contribution in [0.2, 0.25) is 0 Å². The van der Waals surface area contributed by atoms with Crippen LogP contribution in [0.5, 0.6) is 23.1 Å². The van der Waals surface area contributed by atoms with Crippen LogP contribution in [-0.4, -0.2) is 42.9 Å². The first-order valence-corrected chi connectivity index (χ1v) is 17.3. The van der Waals surface area contributed by atoms with Gasteiger partial charge in [0.05, 0.1) is 12.3 Å². The molecule has 0 spiro atoms. The molecule has 5 rings (SSSR count). The van der Waals surface area contributed by atoms with E-state index in [2.05, 4.69) is 9.97 Å². The van der Waals surface area contributed by atoms with E-state index in [0.717, 1.165) is 29.9 Å². The number of aryl methyl sites for hydroxylation is 2. The fraction of sp³-hybridized carbons (Fsp3) is 0.216. The molecule has 0 saturated heterocycles. The first-order chi connectivity index (χ1) is 24.3. The summed E-state index contributed by atoms with van der Waals surface area (Å²) in [7, 11) is -3.61. The first-order valence-electron chi connectivity index (χ1n) is 15.8. The molecule has 2 aromatic heterocycles. The van der Waals surface area contributed by atoms with Crippen molar-refractivity contribution < 1.29 is 41.6 Å². The zero-order valence-electron chi connectivity index (χ0n) is 28.5. The predicted octanol–water partition coefficient (Wildman–Crippen LogP) is 7.40. The number of benzene rings is 3. The fourth-order valence-corrected chi connectivity index (χ4v) is 5.74. The van der Waals surface area contributed by atoms with Gasteiger partial charge in [-0.3, -0.25) is 4.79 Å². The molecule has 0 saturated carbocycles. The number of ether oxygens (including phenoxy) is 3. The molecule has 0 aliphatic rings. The second-order valence-corrected chi connectivity index (χ2v) is 13.5. The summed E-state index contributed by atoms with van der Waals surface area (Å²) in [6.45, 7) is 7.96. The van der Waals surface area contributed by atoms with Gasteiger partial charge in [0.15, 0.2) is 4.92 Å². The lowest BCUT2D eigenvalue weighted by Crippen LogP contribution is -2.31. The summed E-state index contributed by atoms with van der Waals surface area (Å²) in [6, 6.07) is 23.7. The van der Waals surface area contributed by atoms with Crippen LogP contribution >= 0.6 is 0 Å². The number of amides is 1. The smallest absolute Gasteiger partial charge is 0.452 e. The van der Waals surface area contributed by atoms with Crippen molar-refractivity contribution in [1.29, 1.82) is 0 Å². The van der Waals surface area contributed by atoms with Gasteiger partial charge < -0.3 is 19.0 Å². The summed E-state index contributed by atoms with van der Waals surface area (Å²) in [4.78, 5) is 39.4. The monoisotopic (exact) mass is 715 g/mol. The van der Waals surface area contributed by atoms with Crippen molar-refractivity contribution in [2.75, 3.05) is 13.7 Å². The molecule has 0 unspecified atom stereocenters. The topological polar surface area (TPSA) is 146 Å². The maximum atomic E-state index is 14.7. The van der Waals surface area contributed by atoms with E-state index in [1.165, 1.54) is 30.3 Å². The lowest BCUT2D eigenvalue weighted by molar-refractivity contribution is -0.739. The van der Waals surface area contributed by atoms with E-state index in [1.54, 1.807) is 32.0 Å². The molecule has 0 fully saturated rings. The molecule has 0 bridgehead atoms. The van der Waals surface area contributed by atoms with E-state index in [0.29, 0.717) is 23.7 Å². The van der Waals surface area contributed by atoms with Crippen LogP contribution in [0, 0.1) is 30.5 Å². The van der Waals surface area contributed by atoms with Crippen molar-refractivity contribution in [2.24, 2.45) is 5.92 Å². The number of rotatable bonds is 14. The van der Waals surface area contributed by atoms with Crippen LogP contribution in [0.15, 0.2) is 96.0 Å². The number of carbonyl (C=O) groups is 1. The Labute approximate surface area is 294 Å². The highest BCUT2D eigenvalue weighted by Crippen LogP contribution is 2.33. The van der Waals surface area contributed by atoms with Gasteiger partial charge in [0.2, 0.25) is 11.6 Å². The van der Waals surface area contributed by atoms with Gasteiger partial charge in [-0.1, -0.05) is 62.4 Å². The molecular formula is C37H36FN4O8S+. The highest BCUT2D eigenvalue weighted by atomic mass is 32.2. The summed E-state index contributed by atoms with van der Waals surface area (Å²) in [5.41, 5.74) is 2.57. The van der Waals surface area contributed by atoms with Gasteiger partial charge in [0.1, 0.15) is 36.6 Å². The van der Waals surface area contributed by atoms with E-state index >= 15 is 0 Å². The number of nitrogens with zero attached hydrogens (tertiary/aromatic N) is 3. The molecule has 5 aromatic rings. The zero-order chi connectivity index (χ0) is 36.7. The van der Waals surface area contributed by atoms with Crippen LogP contribution in [0.1, 0.15) is 40.9 Å². The van der Waals surface area contributed by atoms with Crippen molar-refractivity contribution in [1.82, 2.24) is 14.7 Å². The van der Waals surface area contributed by atoms with Gasteiger partial charge in [0, 0.05) is 17.7 Å². The summed E-state index contributed by atoms with van der Waals surface area (Å²) in [5.74, 6) is -1.56. The van der Waals surface area contributed by atoms with Gasteiger partial charge in [-0.05, 0) is 76.7 Å². The van der Waals surface area contributed by atoms with Gasteiger partial charge >= 0.3 is 15.8 Å². The van der Waals surface area contributed by atoms with E-state index in [4.69, 9.17) is 19.0 Å². The lowest BCUT2D eigenvalue weighted by Gasteiger charge is -2.15. The summed E-state index contributed by atoms with van der Waals surface area (Å²) >= 11 is 0. The number of pyridine rings is 2. The molecule has 0 aliphatic heterocycles. The zero-order valence-corrected chi connectivity index (χ0v) is 29.4. The van der Waals surface area contributed by atoms with E-state index in [9.17, 15) is 22.5 Å². The number of hydrogen-bond acceptors (Lipinski definition) is 10. The average molecular weight is 716 g/mol. The fourth-order valence-electron chi connectivity index (χ4n) is 4.83. The Morgan fingerprint density at radius 2 is 1.63 bits per heavy atom. The molecule has 264 valence electrons. The Morgan fingerprint density at radius 1 is 0.902 bits per heavy atom. The van der Waals surface area contributed by atoms with Crippen LogP contribution in [0.3, 0.4) is 0 Å². The molecule has 0 atom stereocenters. The molecule has 1 N–H and O–H groups in total. The molecule has 14 heteroatoms. The normalized spacial score (nSPS) is 11.2. The number of sulfonamides is 1. The Bertz CT molecular complexity index is 2160. The predicted molar refractivity (Wildman–Crippen MR) is 186 cm³/mol. The number of carbonyl (C=O) groups excluding carboxylic acids is 1. The Morgan fingerprint density at radius 3 is 2.31 bits per heavy atom. The summed E-state index contributed by atoms with van der Waals surface area (Å²) in [5, 5.41) is -0.661. The molecule has 3 aromatic carbocycles. The molecule has 0 aliphatic carbocycles.